The minimum absolute atomic E-state index is 0.0125. The van der Waals surface area contributed by atoms with Crippen molar-refractivity contribution in [3.05, 3.63) is 0 Å². The SMILES string of the molecule is CC[C@H](C)[C@H](NC(=O)N(CCOC)C(C)C)C(=O)O. The van der Waals surface area contributed by atoms with Gasteiger partial charge in [-0.2, -0.15) is 0 Å². The lowest BCUT2D eigenvalue weighted by Gasteiger charge is -2.29. The summed E-state index contributed by atoms with van der Waals surface area (Å²) in [5.74, 6) is -1.11. The fourth-order valence-electron chi connectivity index (χ4n) is 1.68. The van der Waals surface area contributed by atoms with E-state index in [0.29, 0.717) is 19.6 Å². The summed E-state index contributed by atoms with van der Waals surface area (Å²) in [7, 11) is 1.57. The van der Waals surface area contributed by atoms with Gasteiger partial charge in [0.05, 0.1) is 6.61 Å². The molecular formula is C13H26N2O4. The minimum atomic E-state index is -1.00. The van der Waals surface area contributed by atoms with Gasteiger partial charge >= 0.3 is 12.0 Å². The highest BCUT2D eigenvalue weighted by Crippen LogP contribution is 2.09. The lowest BCUT2D eigenvalue weighted by molar-refractivity contribution is -0.140. The molecule has 0 aliphatic rings. The van der Waals surface area contributed by atoms with Gasteiger partial charge in [0.25, 0.3) is 0 Å². The van der Waals surface area contributed by atoms with Crippen LogP contribution >= 0.6 is 0 Å². The van der Waals surface area contributed by atoms with Crippen molar-refractivity contribution in [1.82, 2.24) is 10.2 Å². The van der Waals surface area contributed by atoms with E-state index < -0.39 is 12.0 Å². The van der Waals surface area contributed by atoms with E-state index >= 15 is 0 Å². The molecule has 6 heteroatoms. The maximum atomic E-state index is 12.1. The molecule has 0 aliphatic carbocycles. The first kappa shape index (κ1) is 17.7. The quantitative estimate of drug-likeness (QED) is 0.704. The molecule has 0 aromatic carbocycles. The van der Waals surface area contributed by atoms with Crippen LogP contribution in [0.2, 0.25) is 0 Å². The standard InChI is InChI=1S/C13H26N2O4/c1-6-10(4)11(12(16)17)14-13(18)15(9(2)3)7-8-19-5/h9-11H,6-8H2,1-5H3,(H,14,18)(H,16,17)/t10-,11-/m0/s1. The number of aliphatic carboxylic acids is 1. The summed E-state index contributed by atoms with van der Waals surface area (Å²) in [6.07, 6.45) is 0.691. The van der Waals surface area contributed by atoms with Crippen LogP contribution in [0.3, 0.4) is 0 Å². The zero-order valence-electron chi connectivity index (χ0n) is 12.5. The number of rotatable bonds is 8. The van der Waals surface area contributed by atoms with Crippen molar-refractivity contribution in [2.75, 3.05) is 20.3 Å². The molecule has 6 nitrogen and oxygen atoms in total. The van der Waals surface area contributed by atoms with E-state index in [1.54, 1.807) is 12.0 Å². The van der Waals surface area contributed by atoms with Gasteiger partial charge in [0.1, 0.15) is 6.04 Å². The molecule has 2 N–H and O–H groups in total. The molecule has 0 unspecified atom stereocenters. The highest BCUT2D eigenvalue weighted by Gasteiger charge is 2.28. The van der Waals surface area contributed by atoms with Crippen LogP contribution in [0.25, 0.3) is 0 Å². The molecule has 0 aromatic heterocycles. The number of carbonyl (C=O) groups is 2. The van der Waals surface area contributed by atoms with E-state index in [4.69, 9.17) is 9.84 Å². The molecule has 0 aromatic rings. The van der Waals surface area contributed by atoms with Crippen molar-refractivity contribution in [3.63, 3.8) is 0 Å². The normalized spacial score (nSPS) is 14.0. The molecular weight excluding hydrogens is 248 g/mol. The maximum Gasteiger partial charge on any atom is 0.326 e. The van der Waals surface area contributed by atoms with Crippen LogP contribution in [0.15, 0.2) is 0 Å². The number of carboxylic acids is 1. The summed E-state index contributed by atoms with van der Waals surface area (Å²) in [5, 5.41) is 11.8. The largest absolute Gasteiger partial charge is 0.480 e. The van der Waals surface area contributed by atoms with Crippen LogP contribution in [0, 0.1) is 5.92 Å². The smallest absolute Gasteiger partial charge is 0.326 e. The van der Waals surface area contributed by atoms with Crippen LogP contribution < -0.4 is 5.32 Å². The van der Waals surface area contributed by atoms with Gasteiger partial charge in [-0.3, -0.25) is 0 Å². The van der Waals surface area contributed by atoms with E-state index in [1.807, 2.05) is 27.7 Å². The molecule has 0 saturated heterocycles. The van der Waals surface area contributed by atoms with Crippen LogP contribution in [0.1, 0.15) is 34.1 Å². The number of nitrogens with one attached hydrogen (secondary N) is 1. The molecule has 0 aliphatic heterocycles. The molecule has 2 amide bonds. The Kier molecular flexibility index (Phi) is 8.14. The summed E-state index contributed by atoms with van der Waals surface area (Å²) in [5.41, 5.74) is 0. The Bertz CT molecular complexity index is 294. The molecule has 2 atom stereocenters. The van der Waals surface area contributed by atoms with Crippen LogP contribution in [-0.2, 0) is 9.53 Å². The predicted molar refractivity (Wildman–Crippen MR) is 73.1 cm³/mol. The monoisotopic (exact) mass is 274 g/mol. The number of hydrogen-bond acceptors (Lipinski definition) is 3. The Balaban J connectivity index is 4.71. The fourth-order valence-corrected chi connectivity index (χ4v) is 1.68. The third-order valence-electron chi connectivity index (χ3n) is 3.18. The van der Waals surface area contributed by atoms with Gasteiger partial charge in [0.2, 0.25) is 0 Å². The summed E-state index contributed by atoms with van der Waals surface area (Å²) in [4.78, 5) is 24.9. The number of carboxylic acid groups (broad SMARTS) is 1. The van der Waals surface area contributed by atoms with Crippen molar-refractivity contribution in [2.45, 2.75) is 46.2 Å². The van der Waals surface area contributed by atoms with Crippen molar-refractivity contribution in [2.24, 2.45) is 5.92 Å². The van der Waals surface area contributed by atoms with Gasteiger partial charge in [-0.25, -0.2) is 9.59 Å². The summed E-state index contributed by atoms with van der Waals surface area (Å²) < 4.78 is 4.96. The third-order valence-corrected chi connectivity index (χ3v) is 3.18. The number of methoxy groups -OCH3 is 1. The summed E-state index contributed by atoms with van der Waals surface area (Å²) in [6, 6.07) is -1.23. The van der Waals surface area contributed by atoms with Crippen molar-refractivity contribution in [1.29, 1.82) is 0 Å². The highest BCUT2D eigenvalue weighted by atomic mass is 16.5. The lowest BCUT2D eigenvalue weighted by Crippen LogP contribution is -2.53. The average Bonchev–Trinajstić information content (AvgIpc) is 2.34. The minimum Gasteiger partial charge on any atom is -0.480 e. The number of nitrogens with zero attached hydrogens (tertiary/aromatic N) is 1. The molecule has 0 saturated carbocycles. The van der Waals surface area contributed by atoms with E-state index in [1.165, 1.54) is 0 Å². The summed E-state index contributed by atoms with van der Waals surface area (Å²) in [6.45, 7) is 8.34. The Morgan fingerprint density at radius 2 is 1.89 bits per heavy atom. The maximum absolute atomic E-state index is 12.1. The lowest BCUT2D eigenvalue weighted by atomic mass is 9.99. The van der Waals surface area contributed by atoms with Crippen molar-refractivity contribution >= 4 is 12.0 Å². The van der Waals surface area contributed by atoms with Gasteiger partial charge in [-0.05, 0) is 19.8 Å². The molecule has 0 radical (unpaired) electrons. The summed E-state index contributed by atoms with van der Waals surface area (Å²) >= 11 is 0. The second-order valence-electron chi connectivity index (χ2n) is 4.93. The average molecular weight is 274 g/mol. The van der Waals surface area contributed by atoms with Gasteiger partial charge in [0.15, 0.2) is 0 Å². The van der Waals surface area contributed by atoms with Gasteiger partial charge < -0.3 is 20.1 Å². The van der Waals surface area contributed by atoms with Crippen molar-refractivity contribution < 1.29 is 19.4 Å². The molecule has 0 fully saturated rings. The van der Waals surface area contributed by atoms with Gasteiger partial charge in [0, 0.05) is 19.7 Å². The van der Waals surface area contributed by atoms with Gasteiger partial charge in [-0.15, -0.1) is 0 Å². The Labute approximate surface area is 115 Å². The fraction of sp³-hybridized carbons (Fsp3) is 0.846. The van der Waals surface area contributed by atoms with E-state index in [2.05, 4.69) is 5.32 Å². The molecule has 0 rings (SSSR count). The second-order valence-corrected chi connectivity index (χ2v) is 4.93. The molecule has 0 bridgehead atoms. The number of amides is 2. The highest BCUT2D eigenvalue weighted by molar-refractivity contribution is 5.82. The second kappa shape index (κ2) is 8.74. The number of ether oxygens (including phenoxy) is 1. The zero-order valence-corrected chi connectivity index (χ0v) is 12.5. The number of carbonyl (C=O) groups excluding carboxylic acids is 1. The Morgan fingerprint density at radius 1 is 1.32 bits per heavy atom. The van der Waals surface area contributed by atoms with E-state index in [0.717, 1.165) is 0 Å². The number of urea groups is 1. The van der Waals surface area contributed by atoms with E-state index in [-0.39, 0.29) is 18.0 Å². The molecule has 19 heavy (non-hydrogen) atoms. The van der Waals surface area contributed by atoms with Crippen molar-refractivity contribution in [3.8, 4) is 0 Å². The van der Waals surface area contributed by atoms with Crippen LogP contribution in [0.5, 0.6) is 0 Å². The number of hydrogen-bond donors (Lipinski definition) is 2. The van der Waals surface area contributed by atoms with Gasteiger partial charge in [-0.1, -0.05) is 20.3 Å². The first-order valence-corrected chi connectivity index (χ1v) is 6.63. The first-order valence-electron chi connectivity index (χ1n) is 6.63. The Hall–Kier alpha value is -1.30. The Morgan fingerprint density at radius 3 is 2.26 bits per heavy atom. The first-order chi connectivity index (χ1) is 8.84. The van der Waals surface area contributed by atoms with E-state index in [9.17, 15) is 9.59 Å². The predicted octanol–water partition coefficient (Wildman–Crippen LogP) is 1.55. The van der Waals surface area contributed by atoms with Crippen LogP contribution in [-0.4, -0.2) is 54.4 Å². The molecule has 0 spiro atoms. The third kappa shape index (κ3) is 5.92. The van der Waals surface area contributed by atoms with Crippen LogP contribution in [0.4, 0.5) is 4.79 Å². The molecule has 0 heterocycles. The zero-order chi connectivity index (χ0) is 15.0. The topological polar surface area (TPSA) is 78.9 Å². The molecule has 112 valence electrons.